The molecular formula is C17H23N3O2. The van der Waals surface area contributed by atoms with Crippen molar-refractivity contribution < 1.29 is 9.53 Å². The van der Waals surface area contributed by atoms with Crippen molar-refractivity contribution in [2.45, 2.75) is 6.54 Å². The Morgan fingerprint density at radius 3 is 2.64 bits per heavy atom. The minimum absolute atomic E-state index is 0.0791. The fraction of sp³-hybridized carbons (Fsp3) is 0.353. The first kappa shape index (κ1) is 16.1. The zero-order valence-corrected chi connectivity index (χ0v) is 13.3. The van der Waals surface area contributed by atoms with Crippen LogP contribution >= 0.6 is 0 Å². The van der Waals surface area contributed by atoms with Crippen LogP contribution < -0.4 is 15.4 Å². The summed E-state index contributed by atoms with van der Waals surface area (Å²) in [7, 11) is 5.14. The molecule has 5 nitrogen and oxygen atoms in total. The van der Waals surface area contributed by atoms with Gasteiger partial charge in [-0.25, -0.2) is 4.79 Å². The van der Waals surface area contributed by atoms with Crippen LogP contribution in [0.5, 0.6) is 5.75 Å². The molecule has 0 aromatic heterocycles. The van der Waals surface area contributed by atoms with Gasteiger partial charge in [-0.2, -0.15) is 0 Å². The second kappa shape index (κ2) is 7.66. The number of nitrogens with zero attached hydrogens (tertiary/aromatic N) is 1. The van der Waals surface area contributed by atoms with Crippen LogP contribution in [0.4, 0.5) is 4.79 Å². The minimum atomic E-state index is -0.0791. The van der Waals surface area contributed by atoms with Gasteiger partial charge in [-0.1, -0.05) is 30.3 Å². The molecule has 0 saturated carbocycles. The normalized spacial score (nSPS) is 10.5. The van der Waals surface area contributed by atoms with E-state index in [0.717, 1.165) is 11.3 Å². The van der Waals surface area contributed by atoms with Gasteiger partial charge in [0, 0.05) is 39.3 Å². The number of carbonyl (C=O) groups excluding carboxylic acids is 1. The Morgan fingerprint density at radius 2 is 1.91 bits per heavy atom. The quantitative estimate of drug-likeness (QED) is 0.804. The third-order valence-electron chi connectivity index (χ3n) is 3.50. The highest BCUT2D eigenvalue weighted by Gasteiger charge is 2.07. The summed E-state index contributed by atoms with van der Waals surface area (Å²) in [6.45, 7) is 1.98. The van der Waals surface area contributed by atoms with E-state index in [4.69, 9.17) is 4.74 Å². The Hall–Kier alpha value is -2.27. The van der Waals surface area contributed by atoms with E-state index in [1.807, 2.05) is 18.2 Å². The molecule has 0 heterocycles. The summed E-state index contributed by atoms with van der Waals surface area (Å²) in [5.74, 6) is 0.878. The number of rotatable bonds is 6. The first-order valence-electron chi connectivity index (χ1n) is 7.34. The van der Waals surface area contributed by atoms with E-state index < -0.39 is 0 Å². The molecule has 2 amide bonds. The summed E-state index contributed by atoms with van der Waals surface area (Å²) in [5.41, 5.74) is 1.14. The van der Waals surface area contributed by atoms with Gasteiger partial charge in [0.2, 0.25) is 0 Å². The maximum absolute atomic E-state index is 11.4. The van der Waals surface area contributed by atoms with Gasteiger partial charge in [0.25, 0.3) is 0 Å². The van der Waals surface area contributed by atoms with Crippen molar-refractivity contribution in [3.05, 3.63) is 42.0 Å². The molecule has 0 bridgehead atoms. The summed E-state index contributed by atoms with van der Waals surface area (Å²) in [4.78, 5) is 12.9. The lowest BCUT2D eigenvalue weighted by Gasteiger charge is -2.14. The molecule has 2 aromatic carbocycles. The van der Waals surface area contributed by atoms with Crippen molar-refractivity contribution in [2.75, 3.05) is 34.3 Å². The Kier molecular flexibility index (Phi) is 5.61. The van der Waals surface area contributed by atoms with Crippen LogP contribution in [0, 0.1) is 0 Å². The highest BCUT2D eigenvalue weighted by atomic mass is 16.5. The smallest absolute Gasteiger partial charge is 0.316 e. The third-order valence-corrected chi connectivity index (χ3v) is 3.50. The number of amides is 2. The summed E-state index contributed by atoms with van der Waals surface area (Å²) < 4.78 is 5.46. The molecule has 0 aliphatic carbocycles. The number of ether oxygens (including phenoxy) is 1. The van der Waals surface area contributed by atoms with E-state index >= 15 is 0 Å². The summed E-state index contributed by atoms with van der Waals surface area (Å²) in [6, 6.07) is 12.2. The Bertz CT molecular complexity index is 641. The number of urea groups is 1. The lowest BCUT2D eigenvalue weighted by Crippen LogP contribution is -2.38. The maximum atomic E-state index is 11.4. The molecule has 0 atom stereocenters. The molecule has 2 aromatic rings. The van der Waals surface area contributed by atoms with Crippen molar-refractivity contribution in [1.82, 2.24) is 15.5 Å². The predicted octanol–water partition coefficient (Wildman–Crippen LogP) is 2.21. The van der Waals surface area contributed by atoms with Crippen LogP contribution in [0.25, 0.3) is 10.8 Å². The Labute approximate surface area is 131 Å². The molecule has 0 saturated heterocycles. The summed E-state index contributed by atoms with van der Waals surface area (Å²) >= 11 is 0. The predicted molar refractivity (Wildman–Crippen MR) is 89.3 cm³/mol. The number of hydrogen-bond donors (Lipinski definition) is 2. The number of fused-ring (bicyclic) bond motifs is 1. The molecule has 2 N–H and O–H groups in total. The van der Waals surface area contributed by atoms with E-state index in [1.165, 1.54) is 15.7 Å². The molecule has 0 unspecified atom stereocenters. The van der Waals surface area contributed by atoms with Crippen LogP contribution in [0.15, 0.2) is 36.4 Å². The van der Waals surface area contributed by atoms with E-state index in [1.54, 1.807) is 21.2 Å². The number of methoxy groups -OCH3 is 1. The molecule has 0 spiro atoms. The van der Waals surface area contributed by atoms with Crippen molar-refractivity contribution in [2.24, 2.45) is 0 Å². The highest BCUT2D eigenvalue weighted by molar-refractivity contribution is 5.87. The van der Waals surface area contributed by atoms with Crippen molar-refractivity contribution in [3.8, 4) is 5.75 Å². The lowest BCUT2D eigenvalue weighted by molar-refractivity contribution is 0.217. The second-order valence-electron chi connectivity index (χ2n) is 5.27. The largest absolute Gasteiger partial charge is 0.496 e. The van der Waals surface area contributed by atoms with Gasteiger partial charge in [0.1, 0.15) is 5.75 Å². The van der Waals surface area contributed by atoms with Gasteiger partial charge >= 0.3 is 6.03 Å². The van der Waals surface area contributed by atoms with Crippen LogP contribution in [0.3, 0.4) is 0 Å². The molecule has 0 fully saturated rings. The van der Waals surface area contributed by atoms with Gasteiger partial charge in [-0.15, -0.1) is 0 Å². The van der Waals surface area contributed by atoms with Gasteiger partial charge in [0.15, 0.2) is 0 Å². The molecule has 2 rings (SSSR count). The number of carbonyl (C=O) groups is 1. The summed E-state index contributed by atoms with van der Waals surface area (Å²) in [6.07, 6.45) is 0. The average Bonchev–Trinajstić information content (AvgIpc) is 2.54. The van der Waals surface area contributed by atoms with E-state index in [9.17, 15) is 4.79 Å². The summed E-state index contributed by atoms with van der Waals surface area (Å²) in [5, 5.41) is 8.56. The topological polar surface area (TPSA) is 53.6 Å². The molecule has 22 heavy (non-hydrogen) atoms. The van der Waals surface area contributed by atoms with Gasteiger partial charge < -0.3 is 20.3 Å². The van der Waals surface area contributed by atoms with Crippen molar-refractivity contribution in [3.63, 3.8) is 0 Å². The van der Waals surface area contributed by atoms with E-state index in [0.29, 0.717) is 19.6 Å². The Balaban J connectivity index is 1.97. The highest BCUT2D eigenvalue weighted by Crippen LogP contribution is 2.27. The zero-order chi connectivity index (χ0) is 15.9. The van der Waals surface area contributed by atoms with Gasteiger partial charge in [-0.3, -0.25) is 0 Å². The van der Waals surface area contributed by atoms with Crippen LogP contribution in [0.1, 0.15) is 5.56 Å². The number of hydrogen-bond acceptors (Lipinski definition) is 3. The fourth-order valence-corrected chi connectivity index (χ4v) is 2.32. The van der Waals surface area contributed by atoms with Gasteiger partial charge in [-0.05, 0) is 16.8 Å². The van der Waals surface area contributed by atoms with Crippen LogP contribution in [-0.2, 0) is 6.54 Å². The molecule has 0 aliphatic heterocycles. The Morgan fingerprint density at radius 1 is 1.14 bits per heavy atom. The molecule has 118 valence electrons. The molecular weight excluding hydrogens is 278 g/mol. The number of nitrogens with one attached hydrogen (secondary N) is 2. The maximum Gasteiger partial charge on any atom is 0.316 e. The standard InChI is InChI=1S/C17H23N3O2/c1-20(2)17(21)19-11-10-18-12-15-14-7-5-4-6-13(14)8-9-16(15)22-3/h4-9,18H,10-12H2,1-3H3,(H,19,21). The minimum Gasteiger partial charge on any atom is -0.496 e. The monoisotopic (exact) mass is 301 g/mol. The average molecular weight is 301 g/mol. The second-order valence-corrected chi connectivity index (χ2v) is 5.27. The zero-order valence-electron chi connectivity index (χ0n) is 13.3. The molecule has 5 heteroatoms. The van der Waals surface area contributed by atoms with Crippen LogP contribution in [-0.4, -0.2) is 45.2 Å². The first-order chi connectivity index (χ1) is 10.6. The van der Waals surface area contributed by atoms with E-state index in [-0.39, 0.29) is 6.03 Å². The molecule has 0 radical (unpaired) electrons. The number of benzene rings is 2. The SMILES string of the molecule is COc1ccc2ccccc2c1CNCCNC(=O)N(C)C. The lowest BCUT2D eigenvalue weighted by atomic mass is 10.0. The third kappa shape index (κ3) is 3.89. The van der Waals surface area contributed by atoms with Gasteiger partial charge in [0.05, 0.1) is 7.11 Å². The van der Waals surface area contributed by atoms with Crippen LogP contribution in [0.2, 0.25) is 0 Å². The van der Waals surface area contributed by atoms with Crippen molar-refractivity contribution in [1.29, 1.82) is 0 Å². The first-order valence-corrected chi connectivity index (χ1v) is 7.34. The van der Waals surface area contributed by atoms with Crippen molar-refractivity contribution >= 4 is 16.8 Å². The molecule has 0 aliphatic rings. The fourth-order valence-electron chi connectivity index (χ4n) is 2.32. The van der Waals surface area contributed by atoms with E-state index in [2.05, 4.69) is 28.8 Å².